The molecule has 0 saturated heterocycles. The Kier molecular flexibility index (Phi) is 3.62. The van der Waals surface area contributed by atoms with Gasteiger partial charge in [-0.3, -0.25) is 4.68 Å². The molecular formula is C17H23N3. The molecular weight excluding hydrogens is 246 g/mol. The van der Waals surface area contributed by atoms with Crippen LogP contribution in [-0.2, 0) is 6.54 Å². The van der Waals surface area contributed by atoms with Gasteiger partial charge in [-0.15, -0.1) is 0 Å². The van der Waals surface area contributed by atoms with Crippen LogP contribution in [0.4, 0.5) is 0 Å². The molecule has 0 spiro atoms. The van der Waals surface area contributed by atoms with E-state index in [1.54, 1.807) is 0 Å². The van der Waals surface area contributed by atoms with E-state index in [1.807, 2.05) is 11.6 Å². The fourth-order valence-electron chi connectivity index (χ4n) is 3.11. The van der Waals surface area contributed by atoms with Gasteiger partial charge in [0.25, 0.3) is 0 Å². The van der Waals surface area contributed by atoms with Gasteiger partial charge in [0.05, 0.1) is 17.4 Å². The van der Waals surface area contributed by atoms with Crippen LogP contribution < -0.4 is 5.73 Å². The summed E-state index contributed by atoms with van der Waals surface area (Å²) in [7, 11) is 0. The minimum atomic E-state index is -0.0760. The van der Waals surface area contributed by atoms with Gasteiger partial charge in [-0.1, -0.05) is 30.7 Å². The smallest absolute Gasteiger partial charge is 0.0726 e. The number of hydrogen-bond donors (Lipinski definition) is 1. The van der Waals surface area contributed by atoms with E-state index in [1.165, 1.54) is 30.4 Å². The highest BCUT2D eigenvalue weighted by atomic mass is 15.3. The molecule has 2 N–H and O–H groups in total. The monoisotopic (exact) mass is 269 g/mol. The molecule has 20 heavy (non-hydrogen) atoms. The third-order valence-electron chi connectivity index (χ3n) is 4.43. The summed E-state index contributed by atoms with van der Waals surface area (Å²) in [5.74, 6) is 0.705. The van der Waals surface area contributed by atoms with E-state index in [4.69, 9.17) is 5.73 Å². The predicted octanol–water partition coefficient (Wildman–Crippen LogP) is 3.53. The van der Waals surface area contributed by atoms with Crippen molar-refractivity contribution >= 4 is 0 Å². The summed E-state index contributed by atoms with van der Waals surface area (Å²) < 4.78 is 2.03. The van der Waals surface area contributed by atoms with Crippen LogP contribution in [0.5, 0.6) is 0 Å². The number of benzene rings is 1. The molecule has 1 saturated carbocycles. The Balaban J connectivity index is 1.99. The lowest BCUT2D eigenvalue weighted by Crippen LogP contribution is -2.21. The second kappa shape index (κ2) is 5.41. The Labute approximate surface area is 120 Å². The summed E-state index contributed by atoms with van der Waals surface area (Å²) in [6.07, 6.45) is 3.95. The van der Waals surface area contributed by atoms with Gasteiger partial charge >= 0.3 is 0 Å². The van der Waals surface area contributed by atoms with Crippen molar-refractivity contribution in [3.63, 3.8) is 0 Å². The average molecular weight is 269 g/mol. The van der Waals surface area contributed by atoms with Gasteiger partial charge in [-0.2, -0.15) is 5.10 Å². The van der Waals surface area contributed by atoms with Gasteiger partial charge in [-0.05, 0) is 49.8 Å². The first-order chi connectivity index (χ1) is 9.70. The maximum atomic E-state index is 6.56. The molecule has 1 unspecified atom stereocenters. The molecule has 1 aromatic carbocycles. The molecule has 0 amide bonds. The topological polar surface area (TPSA) is 43.8 Å². The second-order valence-electron chi connectivity index (χ2n) is 5.76. The maximum Gasteiger partial charge on any atom is 0.0726 e. The van der Waals surface area contributed by atoms with Crippen LogP contribution in [0.25, 0.3) is 0 Å². The average Bonchev–Trinajstić information content (AvgIpc) is 2.78. The number of aryl methyl sites for hydroxylation is 2. The lowest BCUT2D eigenvalue weighted by atomic mass is 9.77. The number of nitrogens with zero attached hydrogens (tertiary/aromatic N) is 2. The number of aromatic nitrogens is 2. The molecule has 3 rings (SSSR count). The van der Waals surface area contributed by atoms with E-state index in [-0.39, 0.29) is 6.04 Å². The molecule has 1 aliphatic rings. The maximum absolute atomic E-state index is 6.56. The predicted molar refractivity (Wildman–Crippen MR) is 81.7 cm³/mol. The van der Waals surface area contributed by atoms with Gasteiger partial charge in [0, 0.05) is 6.54 Å². The lowest BCUT2D eigenvalue weighted by molar-refractivity contribution is 0.415. The van der Waals surface area contributed by atoms with Crippen molar-refractivity contribution in [1.82, 2.24) is 9.78 Å². The molecule has 1 aliphatic carbocycles. The molecule has 3 heteroatoms. The molecule has 1 fully saturated rings. The Morgan fingerprint density at radius 3 is 2.75 bits per heavy atom. The Morgan fingerprint density at radius 2 is 2.10 bits per heavy atom. The lowest BCUT2D eigenvalue weighted by Gasteiger charge is -2.29. The summed E-state index contributed by atoms with van der Waals surface area (Å²) >= 11 is 0. The molecule has 1 aromatic heterocycles. The SMILES string of the molecule is CCn1nc(C)cc1C(N)c1ccccc1C1CCC1. The summed E-state index contributed by atoms with van der Waals surface area (Å²) in [6, 6.07) is 10.7. The third kappa shape index (κ3) is 2.27. The van der Waals surface area contributed by atoms with Gasteiger partial charge in [0.15, 0.2) is 0 Å². The first-order valence-corrected chi connectivity index (χ1v) is 7.59. The normalized spacial score (nSPS) is 16.9. The van der Waals surface area contributed by atoms with Crippen LogP contribution in [0.2, 0.25) is 0 Å². The summed E-state index contributed by atoms with van der Waals surface area (Å²) in [5, 5.41) is 4.52. The molecule has 0 bridgehead atoms. The number of nitrogens with two attached hydrogens (primary N) is 1. The Bertz CT molecular complexity index is 596. The molecule has 1 heterocycles. The summed E-state index contributed by atoms with van der Waals surface area (Å²) in [5.41, 5.74) is 11.4. The first kappa shape index (κ1) is 13.4. The van der Waals surface area contributed by atoms with E-state index < -0.39 is 0 Å². The molecule has 1 atom stereocenters. The first-order valence-electron chi connectivity index (χ1n) is 7.59. The van der Waals surface area contributed by atoms with Crippen LogP contribution in [0.3, 0.4) is 0 Å². The fourth-order valence-corrected chi connectivity index (χ4v) is 3.11. The quantitative estimate of drug-likeness (QED) is 0.922. The highest BCUT2D eigenvalue weighted by Crippen LogP contribution is 2.40. The van der Waals surface area contributed by atoms with Crippen molar-refractivity contribution in [2.45, 2.75) is 51.6 Å². The molecule has 0 radical (unpaired) electrons. The highest BCUT2D eigenvalue weighted by molar-refractivity contribution is 5.38. The van der Waals surface area contributed by atoms with Gasteiger partial charge < -0.3 is 5.73 Å². The van der Waals surface area contributed by atoms with Gasteiger partial charge in [-0.25, -0.2) is 0 Å². The van der Waals surface area contributed by atoms with Crippen LogP contribution in [0.15, 0.2) is 30.3 Å². The van der Waals surface area contributed by atoms with Crippen LogP contribution >= 0.6 is 0 Å². The zero-order valence-corrected chi connectivity index (χ0v) is 12.3. The van der Waals surface area contributed by atoms with Crippen molar-refractivity contribution in [3.8, 4) is 0 Å². The van der Waals surface area contributed by atoms with Crippen molar-refractivity contribution in [1.29, 1.82) is 0 Å². The molecule has 0 aliphatic heterocycles. The van der Waals surface area contributed by atoms with Crippen LogP contribution in [0.1, 0.15) is 60.7 Å². The van der Waals surface area contributed by atoms with E-state index in [0.29, 0.717) is 5.92 Å². The zero-order valence-electron chi connectivity index (χ0n) is 12.3. The largest absolute Gasteiger partial charge is 0.319 e. The standard InChI is InChI=1S/C17H23N3/c1-3-20-16(11-12(2)19-20)17(18)15-10-5-4-9-14(15)13-7-6-8-13/h4-5,9-11,13,17H,3,6-8,18H2,1-2H3. The molecule has 2 aromatic rings. The van der Waals surface area contributed by atoms with Gasteiger partial charge in [0.2, 0.25) is 0 Å². The van der Waals surface area contributed by atoms with Crippen LogP contribution in [0, 0.1) is 6.92 Å². The van der Waals surface area contributed by atoms with Crippen molar-refractivity contribution < 1.29 is 0 Å². The zero-order chi connectivity index (χ0) is 14.1. The van der Waals surface area contributed by atoms with Crippen molar-refractivity contribution in [3.05, 3.63) is 52.8 Å². The minimum absolute atomic E-state index is 0.0760. The number of hydrogen-bond acceptors (Lipinski definition) is 2. The van der Waals surface area contributed by atoms with E-state index >= 15 is 0 Å². The Hall–Kier alpha value is -1.61. The molecule has 3 nitrogen and oxygen atoms in total. The number of rotatable bonds is 4. The second-order valence-corrected chi connectivity index (χ2v) is 5.76. The van der Waals surface area contributed by atoms with E-state index in [2.05, 4.69) is 42.4 Å². The highest BCUT2D eigenvalue weighted by Gasteiger charge is 2.25. The summed E-state index contributed by atoms with van der Waals surface area (Å²) in [4.78, 5) is 0. The summed E-state index contributed by atoms with van der Waals surface area (Å²) in [6.45, 7) is 5.00. The van der Waals surface area contributed by atoms with Crippen molar-refractivity contribution in [2.24, 2.45) is 5.73 Å². The fraction of sp³-hybridized carbons (Fsp3) is 0.471. The Morgan fingerprint density at radius 1 is 1.35 bits per heavy atom. The van der Waals surface area contributed by atoms with Crippen LogP contribution in [-0.4, -0.2) is 9.78 Å². The van der Waals surface area contributed by atoms with Crippen molar-refractivity contribution in [2.75, 3.05) is 0 Å². The van der Waals surface area contributed by atoms with Gasteiger partial charge in [0.1, 0.15) is 0 Å². The van der Waals surface area contributed by atoms with E-state index in [9.17, 15) is 0 Å². The third-order valence-corrected chi connectivity index (χ3v) is 4.43. The van der Waals surface area contributed by atoms with E-state index in [0.717, 1.165) is 17.9 Å². The minimum Gasteiger partial charge on any atom is -0.319 e. The molecule has 106 valence electrons.